The summed E-state index contributed by atoms with van der Waals surface area (Å²) in [5.41, 5.74) is 5.60. The van der Waals surface area contributed by atoms with E-state index >= 15 is 0 Å². The molecule has 0 saturated heterocycles. The van der Waals surface area contributed by atoms with E-state index in [0.717, 1.165) is 18.9 Å². The zero-order valence-corrected chi connectivity index (χ0v) is 7.19. The van der Waals surface area contributed by atoms with Gasteiger partial charge in [0, 0.05) is 6.61 Å². The molecular formula is C7H16ClNO. The van der Waals surface area contributed by atoms with Crippen molar-refractivity contribution in [3.8, 4) is 0 Å². The normalized spacial score (nSPS) is 19.8. The van der Waals surface area contributed by atoms with E-state index in [9.17, 15) is 0 Å². The fourth-order valence-electron chi connectivity index (χ4n) is 0.964. The van der Waals surface area contributed by atoms with E-state index in [0.29, 0.717) is 0 Å². The van der Waals surface area contributed by atoms with Gasteiger partial charge in [0.25, 0.3) is 0 Å². The fraction of sp³-hybridized carbons (Fsp3) is 1.00. The molecule has 1 aliphatic carbocycles. The van der Waals surface area contributed by atoms with Crippen LogP contribution in [0.5, 0.6) is 0 Å². The molecule has 1 aliphatic rings. The molecule has 0 aromatic rings. The summed E-state index contributed by atoms with van der Waals surface area (Å²) >= 11 is 0. The van der Waals surface area contributed by atoms with E-state index in [4.69, 9.17) is 10.5 Å². The molecule has 0 aliphatic heterocycles. The van der Waals surface area contributed by atoms with Crippen molar-refractivity contribution in [1.82, 2.24) is 0 Å². The van der Waals surface area contributed by atoms with Crippen LogP contribution in [0.4, 0.5) is 0 Å². The van der Waals surface area contributed by atoms with Gasteiger partial charge >= 0.3 is 0 Å². The van der Waals surface area contributed by atoms with Crippen LogP contribution in [0.25, 0.3) is 0 Å². The second-order valence-electron chi connectivity index (χ2n) is 2.67. The van der Waals surface area contributed by atoms with Crippen LogP contribution in [0.1, 0.15) is 26.2 Å². The van der Waals surface area contributed by atoms with Gasteiger partial charge in [-0.1, -0.05) is 12.8 Å². The molecule has 0 aromatic heterocycles. The van der Waals surface area contributed by atoms with E-state index in [2.05, 4.69) is 0 Å². The largest absolute Gasteiger partial charge is 0.364 e. The first-order valence-corrected chi connectivity index (χ1v) is 3.70. The molecule has 2 nitrogen and oxygen atoms in total. The quantitative estimate of drug-likeness (QED) is 0.642. The number of hydrogen-bond acceptors (Lipinski definition) is 2. The van der Waals surface area contributed by atoms with Crippen LogP contribution in [0.2, 0.25) is 0 Å². The molecule has 1 atom stereocenters. The summed E-state index contributed by atoms with van der Waals surface area (Å²) in [6.45, 7) is 2.72. The number of ether oxygens (including phenoxy) is 1. The predicted molar refractivity (Wildman–Crippen MR) is 44.2 cm³/mol. The lowest BCUT2D eigenvalue weighted by Gasteiger charge is -2.09. The van der Waals surface area contributed by atoms with E-state index in [1.165, 1.54) is 12.8 Å². The summed E-state index contributed by atoms with van der Waals surface area (Å²) in [7, 11) is 0. The van der Waals surface area contributed by atoms with Gasteiger partial charge in [0.2, 0.25) is 0 Å². The summed E-state index contributed by atoms with van der Waals surface area (Å²) in [4.78, 5) is 0. The minimum Gasteiger partial charge on any atom is -0.364 e. The molecule has 0 bridgehead atoms. The first-order chi connectivity index (χ1) is 4.33. The minimum absolute atomic E-state index is 0. The Labute approximate surface area is 68.5 Å². The molecule has 1 saturated carbocycles. The molecule has 2 N–H and O–H groups in total. The van der Waals surface area contributed by atoms with Crippen LogP contribution in [0.3, 0.4) is 0 Å². The van der Waals surface area contributed by atoms with E-state index < -0.39 is 0 Å². The van der Waals surface area contributed by atoms with Crippen molar-refractivity contribution in [3.05, 3.63) is 0 Å². The Balaban J connectivity index is 0.000000810. The Morgan fingerprint density at radius 3 is 2.60 bits per heavy atom. The van der Waals surface area contributed by atoms with Crippen molar-refractivity contribution in [1.29, 1.82) is 0 Å². The Hall–Kier alpha value is 0.210. The summed E-state index contributed by atoms with van der Waals surface area (Å²) in [5.74, 6) is 0.881. The van der Waals surface area contributed by atoms with Gasteiger partial charge < -0.3 is 10.5 Å². The molecule has 3 heteroatoms. The predicted octanol–water partition coefficient (Wildman–Crippen LogP) is 1.53. The van der Waals surface area contributed by atoms with Gasteiger partial charge in [-0.2, -0.15) is 0 Å². The highest BCUT2D eigenvalue weighted by Crippen LogP contribution is 2.33. The van der Waals surface area contributed by atoms with E-state index in [1.807, 2.05) is 6.92 Å². The molecule has 0 aromatic carbocycles. The third-order valence-electron chi connectivity index (χ3n) is 1.64. The highest BCUT2D eigenvalue weighted by atomic mass is 35.5. The van der Waals surface area contributed by atoms with Crippen molar-refractivity contribution >= 4 is 12.4 Å². The maximum absolute atomic E-state index is 5.60. The monoisotopic (exact) mass is 165 g/mol. The molecule has 1 rings (SSSR count). The number of nitrogens with two attached hydrogens (primary N) is 1. The third kappa shape index (κ3) is 4.09. The molecule has 0 spiro atoms. The van der Waals surface area contributed by atoms with Crippen LogP contribution in [0, 0.1) is 5.92 Å². The van der Waals surface area contributed by atoms with Gasteiger partial charge in [-0.25, -0.2) is 0 Å². The van der Waals surface area contributed by atoms with Crippen molar-refractivity contribution in [2.75, 3.05) is 6.61 Å². The second kappa shape index (κ2) is 4.94. The lowest BCUT2D eigenvalue weighted by atomic mass is 10.3. The van der Waals surface area contributed by atoms with E-state index in [1.54, 1.807) is 0 Å². The molecular weight excluding hydrogens is 150 g/mol. The Kier molecular flexibility index (Phi) is 5.04. The molecule has 0 amide bonds. The fourth-order valence-corrected chi connectivity index (χ4v) is 0.964. The maximum Gasteiger partial charge on any atom is 0.105 e. The van der Waals surface area contributed by atoms with Gasteiger partial charge in [-0.15, -0.1) is 12.4 Å². The Morgan fingerprint density at radius 2 is 2.20 bits per heavy atom. The van der Waals surface area contributed by atoms with Crippen molar-refractivity contribution in [3.63, 3.8) is 0 Å². The lowest BCUT2D eigenvalue weighted by Crippen LogP contribution is -2.24. The topological polar surface area (TPSA) is 35.2 Å². The van der Waals surface area contributed by atoms with Gasteiger partial charge in [0.1, 0.15) is 6.23 Å². The lowest BCUT2D eigenvalue weighted by molar-refractivity contribution is 0.0576. The van der Waals surface area contributed by atoms with Crippen LogP contribution in [-0.2, 0) is 4.74 Å². The number of hydrogen-bond donors (Lipinski definition) is 1. The van der Waals surface area contributed by atoms with Crippen molar-refractivity contribution in [2.45, 2.75) is 32.4 Å². The van der Waals surface area contributed by atoms with Gasteiger partial charge in [0.05, 0.1) is 0 Å². The summed E-state index contributed by atoms with van der Waals surface area (Å²) < 4.78 is 5.17. The zero-order chi connectivity index (χ0) is 6.69. The molecule has 0 heterocycles. The maximum atomic E-state index is 5.60. The zero-order valence-electron chi connectivity index (χ0n) is 6.38. The van der Waals surface area contributed by atoms with Gasteiger partial charge in [-0.05, 0) is 19.3 Å². The number of halogens is 1. The Bertz CT molecular complexity index is 85.7. The summed E-state index contributed by atoms with van der Waals surface area (Å²) in [6.07, 6.45) is 3.79. The third-order valence-corrected chi connectivity index (χ3v) is 1.64. The average molecular weight is 166 g/mol. The molecule has 62 valence electrons. The first-order valence-electron chi connectivity index (χ1n) is 3.70. The molecule has 1 fully saturated rings. The Morgan fingerprint density at radius 1 is 1.60 bits per heavy atom. The number of rotatable bonds is 4. The second-order valence-corrected chi connectivity index (χ2v) is 2.67. The SMILES string of the molecule is CCOC(N)CC1CC1.Cl. The molecule has 1 unspecified atom stereocenters. The van der Waals surface area contributed by atoms with E-state index in [-0.39, 0.29) is 18.6 Å². The van der Waals surface area contributed by atoms with Gasteiger partial charge in [0.15, 0.2) is 0 Å². The first kappa shape index (κ1) is 10.2. The van der Waals surface area contributed by atoms with Crippen LogP contribution >= 0.6 is 12.4 Å². The smallest absolute Gasteiger partial charge is 0.105 e. The van der Waals surface area contributed by atoms with Crippen molar-refractivity contribution in [2.24, 2.45) is 11.7 Å². The van der Waals surface area contributed by atoms with Gasteiger partial charge in [-0.3, -0.25) is 0 Å². The average Bonchev–Trinajstić information content (AvgIpc) is 2.50. The minimum atomic E-state index is 0. The highest BCUT2D eigenvalue weighted by Gasteiger charge is 2.23. The molecule has 0 radical (unpaired) electrons. The van der Waals surface area contributed by atoms with Crippen molar-refractivity contribution < 1.29 is 4.74 Å². The highest BCUT2D eigenvalue weighted by molar-refractivity contribution is 5.85. The van der Waals surface area contributed by atoms with Crippen LogP contribution in [0.15, 0.2) is 0 Å². The van der Waals surface area contributed by atoms with Crippen LogP contribution in [-0.4, -0.2) is 12.8 Å². The molecule has 10 heavy (non-hydrogen) atoms. The van der Waals surface area contributed by atoms with Crippen LogP contribution < -0.4 is 5.73 Å². The standard InChI is InChI=1S/C7H15NO.ClH/c1-2-9-7(8)5-6-3-4-6;/h6-7H,2-5,8H2,1H3;1H. The summed E-state index contributed by atoms with van der Waals surface area (Å²) in [5, 5.41) is 0. The summed E-state index contributed by atoms with van der Waals surface area (Å²) in [6, 6.07) is 0.